The van der Waals surface area contributed by atoms with Gasteiger partial charge in [-0.3, -0.25) is 13.9 Å². The van der Waals surface area contributed by atoms with Crippen LogP contribution in [0.2, 0.25) is 0 Å². The van der Waals surface area contributed by atoms with Gasteiger partial charge in [0.25, 0.3) is 10.0 Å². The van der Waals surface area contributed by atoms with E-state index in [1.54, 1.807) is 31.2 Å². The van der Waals surface area contributed by atoms with Gasteiger partial charge < -0.3 is 19.7 Å². The van der Waals surface area contributed by atoms with E-state index in [0.29, 0.717) is 12.2 Å². The number of ether oxygens (including phenoxy) is 2. The lowest BCUT2D eigenvalue weighted by Gasteiger charge is -2.33. The van der Waals surface area contributed by atoms with Gasteiger partial charge in [-0.15, -0.1) is 0 Å². The molecule has 0 fully saturated rings. The number of rotatable bonds is 12. The number of methoxy groups -OCH3 is 2. The Kier molecular flexibility index (Phi) is 10.6. The zero-order valence-electron chi connectivity index (χ0n) is 25.4. The first-order valence-electron chi connectivity index (χ1n) is 13.7. The van der Waals surface area contributed by atoms with E-state index in [9.17, 15) is 18.0 Å². The maximum Gasteiger partial charge on any atom is 0.264 e. The molecular formula is C32H41N3O6S. The van der Waals surface area contributed by atoms with Crippen molar-refractivity contribution >= 4 is 27.5 Å². The van der Waals surface area contributed by atoms with Crippen LogP contribution in [0.15, 0.2) is 77.7 Å². The minimum Gasteiger partial charge on any atom is -0.497 e. The lowest BCUT2D eigenvalue weighted by atomic mass is 10.1. The first kappa shape index (κ1) is 32.5. The molecule has 0 saturated carbocycles. The van der Waals surface area contributed by atoms with Crippen LogP contribution in [-0.2, 0) is 26.0 Å². The highest BCUT2D eigenvalue weighted by Crippen LogP contribution is 2.36. The number of hydrogen-bond acceptors (Lipinski definition) is 6. The van der Waals surface area contributed by atoms with Gasteiger partial charge in [-0.1, -0.05) is 48.0 Å². The molecule has 9 nitrogen and oxygen atoms in total. The third-order valence-corrected chi connectivity index (χ3v) is 8.47. The quantitative estimate of drug-likeness (QED) is 0.329. The van der Waals surface area contributed by atoms with Crippen LogP contribution < -0.4 is 19.1 Å². The monoisotopic (exact) mass is 595 g/mol. The number of anilines is 1. The Morgan fingerprint density at radius 2 is 1.57 bits per heavy atom. The largest absolute Gasteiger partial charge is 0.497 e. The van der Waals surface area contributed by atoms with Crippen LogP contribution in [0.25, 0.3) is 0 Å². The van der Waals surface area contributed by atoms with E-state index < -0.39 is 34.1 Å². The summed E-state index contributed by atoms with van der Waals surface area (Å²) >= 11 is 0. The molecule has 3 rings (SSSR count). The number of nitrogens with zero attached hydrogens (tertiary/aromatic N) is 2. The summed E-state index contributed by atoms with van der Waals surface area (Å²) in [5, 5.41) is 2.93. The van der Waals surface area contributed by atoms with Crippen molar-refractivity contribution in [3.8, 4) is 11.5 Å². The highest BCUT2D eigenvalue weighted by Gasteiger charge is 2.34. The molecular weight excluding hydrogens is 554 g/mol. The van der Waals surface area contributed by atoms with Gasteiger partial charge in [-0.25, -0.2) is 8.42 Å². The lowest BCUT2D eigenvalue weighted by molar-refractivity contribution is -0.139. The van der Waals surface area contributed by atoms with E-state index in [-0.39, 0.29) is 28.8 Å². The molecule has 0 aromatic heterocycles. The normalized spacial score (nSPS) is 12.3. The number of nitrogens with one attached hydrogen (secondary N) is 1. The second-order valence-electron chi connectivity index (χ2n) is 11.1. The van der Waals surface area contributed by atoms with Gasteiger partial charge in [0.15, 0.2) is 0 Å². The average Bonchev–Trinajstić information content (AvgIpc) is 2.95. The highest BCUT2D eigenvalue weighted by atomic mass is 32.2. The molecule has 42 heavy (non-hydrogen) atoms. The van der Waals surface area contributed by atoms with Crippen LogP contribution in [0, 0.1) is 6.92 Å². The molecule has 0 aliphatic carbocycles. The summed E-state index contributed by atoms with van der Waals surface area (Å²) < 4.78 is 40.1. The molecule has 1 atom stereocenters. The maximum absolute atomic E-state index is 14.1. The Bertz CT molecular complexity index is 1470. The predicted octanol–water partition coefficient (Wildman–Crippen LogP) is 4.58. The maximum atomic E-state index is 14.1. The van der Waals surface area contributed by atoms with E-state index in [4.69, 9.17) is 9.47 Å². The van der Waals surface area contributed by atoms with Gasteiger partial charge >= 0.3 is 0 Å². The Labute approximate surface area is 249 Å². The summed E-state index contributed by atoms with van der Waals surface area (Å²) in [5.74, 6) is -0.242. The molecule has 0 aliphatic heterocycles. The predicted molar refractivity (Wildman–Crippen MR) is 164 cm³/mol. The summed E-state index contributed by atoms with van der Waals surface area (Å²) in [7, 11) is -1.36. The molecule has 0 radical (unpaired) electrons. The van der Waals surface area contributed by atoms with Crippen LogP contribution >= 0.6 is 0 Å². The van der Waals surface area contributed by atoms with E-state index in [1.807, 2.05) is 58.0 Å². The summed E-state index contributed by atoms with van der Waals surface area (Å²) in [6.45, 7) is 8.72. The topological polar surface area (TPSA) is 105 Å². The number of aryl methyl sites for hydroxylation is 1. The number of amides is 2. The van der Waals surface area contributed by atoms with Crippen LogP contribution in [-0.4, -0.2) is 64.0 Å². The third-order valence-electron chi connectivity index (χ3n) is 6.69. The molecule has 2 amide bonds. The molecule has 0 saturated heterocycles. The molecule has 1 N–H and O–H groups in total. The van der Waals surface area contributed by atoms with E-state index >= 15 is 0 Å². The van der Waals surface area contributed by atoms with Crippen molar-refractivity contribution < 1.29 is 27.5 Å². The molecule has 3 aromatic rings. The van der Waals surface area contributed by atoms with Crippen LogP contribution in [0.3, 0.4) is 0 Å². The van der Waals surface area contributed by atoms with Crippen molar-refractivity contribution in [1.29, 1.82) is 0 Å². The molecule has 0 unspecified atom stereocenters. The Morgan fingerprint density at radius 3 is 2.14 bits per heavy atom. The smallest absolute Gasteiger partial charge is 0.264 e. The number of hydrogen-bond donors (Lipinski definition) is 1. The van der Waals surface area contributed by atoms with Gasteiger partial charge in [-0.05, 0) is 70.9 Å². The van der Waals surface area contributed by atoms with Crippen molar-refractivity contribution in [2.24, 2.45) is 0 Å². The fourth-order valence-electron chi connectivity index (χ4n) is 4.39. The fraction of sp³-hybridized carbons (Fsp3) is 0.375. The number of carbonyl (C=O) groups excluding carboxylic acids is 2. The summed E-state index contributed by atoms with van der Waals surface area (Å²) in [6.07, 6.45) is 0.479. The average molecular weight is 596 g/mol. The van der Waals surface area contributed by atoms with E-state index in [1.165, 1.54) is 37.3 Å². The van der Waals surface area contributed by atoms with Crippen molar-refractivity contribution in [2.75, 3.05) is 31.6 Å². The van der Waals surface area contributed by atoms with Crippen LogP contribution in [0.4, 0.5) is 5.69 Å². The molecule has 3 aromatic carbocycles. The van der Waals surface area contributed by atoms with Crippen molar-refractivity contribution in [1.82, 2.24) is 10.2 Å². The van der Waals surface area contributed by atoms with Crippen molar-refractivity contribution in [2.45, 2.75) is 57.5 Å². The molecule has 10 heteroatoms. The van der Waals surface area contributed by atoms with Gasteiger partial charge in [0.2, 0.25) is 11.8 Å². The Balaban J connectivity index is 2.08. The lowest BCUT2D eigenvalue weighted by Crippen LogP contribution is -2.55. The highest BCUT2D eigenvalue weighted by molar-refractivity contribution is 7.92. The van der Waals surface area contributed by atoms with E-state index in [0.717, 1.165) is 15.4 Å². The third kappa shape index (κ3) is 8.25. The molecule has 226 valence electrons. The fourth-order valence-corrected chi connectivity index (χ4v) is 5.80. The Morgan fingerprint density at radius 1 is 0.929 bits per heavy atom. The SMILES string of the molecule is COc1ccc(OC)c(N(CC(=O)N(CCc2ccccc2)[C@@H](C)C(=O)NC(C)(C)C)S(=O)(=O)c2ccc(C)cc2)c1. The van der Waals surface area contributed by atoms with Crippen LogP contribution in [0.1, 0.15) is 38.8 Å². The second kappa shape index (κ2) is 13.7. The first-order chi connectivity index (χ1) is 19.8. The van der Waals surface area contributed by atoms with Crippen molar-refractivity contribution in [3.05, 3.63) is 83.9 Å². The van der Waals surface area contributed by atoms with E-state index in [2.05, 4.69) is 5.32 Å². The molecule has 0 bridgehead atoms. The Hall–Kier alpha value is -4.05. The molecule has 0 aliphatic rings. The summed E-state index contributed by atoms with van der Waals surface area (Å²) in [4.78, 5) is 28.8. The summed E-state index contributed by atoms with van der Waals surface area (Å²) in [6, 6.07) is 19.9. The summed E-state index contributed by atoms with van der Waals surface area (Å²) in [5.41, 5.74) is 1.49. The molecule has 0 spiro atoms. The van der Waals surface area contributed by atoms with Gasteiger partial charge in [0, 0.05) is 18.2 Å². The first-order valence-corrected chi connectivity index (χ1v) is 15.2. The molecule has 0 heterocycles. The van der Waals surface area contributed by atoms with Crippen LogP contribution in [0.5, 0.6) is 11.5 Å². The standard InChI is InChI=1S/C32H41N3O6S/c1-23-13-16-27(17-14-23)42(38,39)35(28-21-26(40-6)15-18-29(28)41-7)22-30(36)34(20-19-25-11-9-8-10-12-25)24(2)31(37)33-32(3,4)5/h8-18,21,24H,19-20,22H2,1-7H3,(H,33,37)/t24-/m0/s1. The number of benzene rings is 3. The minimum atomic E-state index is -4.25. The zero-order valence-corrected chi connectivity index (χ0v) is 26.2. The number of sulfonamides is 1. The van der Waals surface area contributed by atoms with Gasteiger partial charge in [0.1, 0.15) is 24.1 Å². The van der Waals surface area contributed by atoms with Gasteiger partial charge in [-0.2, -0.15) is 0 Å². The second-order valence-corrected chi connectivity index (χ2v) is 13.0. The number of carbonyl (C=O) groups is 2. The van der Waals surface area contributed by atoms with Gasteiger partial charge in [0.05, 0.1) is 24.8 Å². The van der Waals surface area contributed by atoms with Crippen molar-refractivity contribution in [3.63, 3.8) is 0 Å². The minimum absolute atomic E-state index is 0.0140. The zero-order chi connectivity index (χ0) is 31.1.